The summed E-state index contributed by atoms with van der Waals surface area (Å²) >= 11 is 0. The number of carbonyl (C=O) groups excluding carboxylic acids is 2. The molecule has 0 saturated carbocycles. The van der Waals surface area contributed by atoms with Crippen LogP contribution >= 0.6 is 0 Å². The molecule has 0 saturated heterocycles. The van der Waals surface area contributed by atoms with E-state index in [1.165, 1.54) is 11.2 Å². The number of carbonyl (C=O) groups is 2. The number of unbranched alkanes of at least 4 members (excludes halogenated alkanes) is 2. The Morgan fingerprint density at radius 2 is 1.75 bits per heavy atom. The Hall–Kier alpha value is -1.93. The molecule has 0 aliphatic rings. The van der Waals surface area contributed by atoms with Crippen molar-refractivity contribution in [2.24, 2.45) is 0 Å². The van der Waals surface area contributed by atoms with Crippen LogP contribution in [0.15, 0.2) is 24.3 Å². The van der Waals surface area contributed by atoms with Gasteiger partial charge in [-0.1, -0.05) is 25.8 Å². The Morgan fingerprint density at radius 3 is 2.29 bits per heavy atom. The summed E-state index contributed by atoms with van der Waals surface area (Å²) < 4.78 is 24.8. The van der Waals surface area contributed by atoms with Gasteiger partial charge in [0, 0.05) is 24.8 Å². The van der Waals surface area contributed by atoms with Gasteiger partial charge in [0.05, 0.1) is 12.8 Å². The lowest BCUT2D eigenvalue weighted by Crippen LogP contribution is -2.38. The summed E-state index contributed by atoms with van der Waals surface area (Å²) in [6.45, 7) is 3.52. The smallest absolute Gasteiger partial charge is 0.239 e. The second kappa shape index (κ2) is 9.39. The minimum atomic E-state index is -3.44. The molecule has 0 heterocycles. The van der Waals surface area contributed by atoms with E-state index in [0.29, 0.717) is 17.9 Å². The molecule has 0 bridgehead atoms. The van der Waals surface area contributed by atoms with Gasteiger partial charge in [0.2, 0.25) is 21.8 Å². The van der Waals surface area contributed by atoms with Crippen LogP contribution in [0.4, 0.5) is 11.4 Å². The summed E-state index contributed by atoms with van der Waals surface area (Å²) in [4.78, 5) is 23.2. The molecule has 1 rings (SSSR count). The summed E-state index contributed by atoms with van der Waals surface area (Å²) in [5.74, 6) is -0.630. The molecule has 24 heavy (non-hydrogen) atoms. The molecule has 1 aromatic carbocycles. The lowest BCUT2D eigenvalue weighted by atomic mass is 10.2. The highest BCUT2D eigenvalue weighted by molar-refractivity contribution is 7.88. The summed E-state index contributed by atoms with van der Waals surface area (Å²) in [6, 6.07) is 6.67. The molecule has 0 fully saturated rings. The normalized spacial score (nSPS) is 11.3. The van der Waals surface area contributed by atoms with Crippen molar-refractivity contribution in [1.29, 1.82) is 0 Å². The SMILES string of the molecule is CCCCCN(CC(=O)Nc1cccc(NC(C)=O)c1)S(C)(=O)=O. The number of sulfonamides is 1. The molecule has 134 valence electrons. The van der Waals surface area contributed by atoms with E-state index in [1.807, 2.05) is 6.92 Å². The first-order chi connectivity index (χ1) is 11.2. The van der Waals surface area contributed by atoms with Gasteiger partial charge in [0.1, 0.15) is 0 Å². The molecule has 1 aromatic rings. The average Bonchev–Trinajstić information content (AvgIpc) is 2.45. The van der Waals surface area contributed by atoms with E-state index < -0.39 is 15.9 Å². The number of benzene rings is 1. The molecule has 0 aliphatic heterocycles. The van der Waals surface area contributed by atoms with E-state index in [0.717, 1.165) is 25.5 Å². The highest BCUT2D eigenvalue weighted by Crippen LogP contribution is 2.15. The lowest BCUT2D eigenvalue weighted by molar-refractivity contribution is -0.116. The van der Waals surface area contributed by atoms with E-state index in [4.69, 9.17) is 0 Å². The Kier molecular flexibility index (Phi) is 7.87. The molecule has 7 nitrogen and oxygen atoms in total. The van der Waals surface area contributed by atoms with Crippen molar-refractivity contribution >= 4 is 33.2 Å². The van der Waals surface area contributed by atoms with Crippen LogP contribution in [0.5, 0.6) is 0 Å². The van der Waals surface area contributed by atoms with Crippen molar-refractivity contribution < 1.29 is 18.0 Å². The molecule has 0 aromatic heterocycles. The third kappa shape index (κ3) is 7.56. The summed E-state index contributed by atoms with van der Waals surface area (Å²) in [5, 5.41) is 5.27. The van der Waals surface area contributed by atoms with Crippen molar-refractivity contribution in [3.63, 3.8) is 0 Å². The molecule has 0 radical (unpaired) electrons. The van der Waals surface area contributed by atoms with Crippen LogP contribution < -0.4 is 10.6 Å². The number of anilines is 2. The molecule has 8 heteroatoms. The van der Waals surface area contributed by atoms with Gasteiger partial charge >= 0.3 is 0 Å². The van der Waals surface area contributed by atoms with Crippen molar-refractivity contribution in [3.8, 4) is 0 Å². The molecule has 0 aliphatic carbocycles. The monoisotopic (exact) mass is 355 g/mol. The molecule has 2 N–H and O–H groups in total. The Bertz CT molecular complexity index is 674. The predicted octanol–water partition coefficient (Wildman–Crippen LogP) is 2.04. The second-order valence-electron chi connectivity index (χ2n) is 5.61. The molecule has 0 atom stereocenters. The molecular formula is C16H25N3O4S. The lowest BCUT2D eigenvalue weighted by Gasteiger charge is -2.19. The topological polar surface area (TPSA) is 95.6 Å². The fraction of sp³-hybridized carbons (Fsp3) is 0.500. The number of nitrogens with one attached hydrogen (secondary N) is 2. The molecule has 0 unspecified atom stereocenters. The van der Waals surface area contributed by atoms with Crippen LogP contribution in [0.25, 0.3) is 0 Å². The quantitative estimate of drug-likeness (QED) is 0.663. The van der Waals surface area contributed by atoms with Gasteiger partial charge in [-0.25, -0.2) is 8.42 Å². The standard InChI is InChI=1S/C16H25N3O4S/c1-4-5-6-10-19(24(3,22)23)12-16(21)18-15-9-7-8-14(11-15)17-13(2)20/h7-9,11H,4-6,10,12H2,1-3H3,(H,17,20)(H,18,21). The van der Waals surface area contributed by atoms with Gasteiger partial charge < -0.3 is 10.6 Å². The first-order valence-corrected chi connectivity index (χ1v) is 9.70. The van der Waals surface area contributed by atoms with Crippen LogP contribution in [0.1, 0.15) is 33.1 Å². The zero-order valence-electron chi connectivity index (χ0n) is 14.3. The number of hydrogen-bond donors (Lipinski definition) is 2. The van der Waals surface area contributed by atoms with Gasteiger partial charge in [0.25, 0.3) is 0 Å². The zero-order chi connectivity index (χ0) is 18.2. The van der Waals surface area contributed by atoms with E-state index in [-0.39, 0.29) is 12.5 Å². The maximum Gasteiger partial charge on any atom is 0.239 e. The Morgan fingerprint density at radius 1 is 1.12 bits per heavy atom. The van der Waals surface area contributed by atoms with Gasteiger partial charge in [0.15, 0.2) is 0 Å². The van der Waals surface area contributed by atoms with Gasteiger partial charge in [-0.15, -0.1) is 0 Å². The average molecular weight is 355 g/mol. The van der Waals surface area contributed by atoms with Gasteiger partial charge in [-0.05, 0) is 24.6 Å². The largest absolute Gasteiger partial charge is 0.326 e. The van der Waals surface area contributed by atoms with Gasteiger partial charge in [-0.2, -0.15) is 4.31 Å². The first kappa shape index (κ1) is 20.1. The van der Waals surface area contributed by atoms with Crippen LogP contribution in [0.2, 0.25) is 0 Å². The molecule has 0 spiro atoms. The maximum absolute atomic E-state index is 12.1. The van der Waals surface area contributed by atoms with Gasteiger partial charge in [-0.3, -0.25) is 9.59 Å². The summed E-state index contributed by atoms with van der Waals surface area (Å²) in [5.41, 5.74) is 1.05. The van der Waals surface area contributed by atoms with Crippen molar-refractivity contribution in [2.45, 2.75) is 33.1 Å². The fourth-order valence-electron chi connectivity index (χ4n) is 2.14. The van der Waals surface area contributed by atoms with Crippen LogP contribution in [-0.2, 0) is 19.6 Å². The van der Waals surface area contributed by atoms with Crippen LogP contribution in [0.3, 0.4) is 0 Å². The van der Waals surface area contributed by atoms with E-state index in [9.17, 15) is 18.0 Å². The molecular weight excluding hydrogens is 330 g/mol. The highest BCUT2D eigenvalue weighted by Gasteiger charge is 2.19. The van der Waals surface area contributed by atoms with E-state index in [1.54, 1.807) is 24.3 Å². The van der Waals surface area contributed by atoms with Crippen molar-refractivity contribution in [1.82, 2.24) is 4.31 Å². The second-order valence-corrected chi connectivity index (χ2v) is 7.60. The fourth-order valence-corrected chi connectivity index (χ4v) is 2.95. The minimum Gasteiger partial charge on any atom is -0.326 e. The first-order valence-electron chi connectivity index (χ1n) is 7.85. The number of rotatable bonds is 9. The predicted molar refractivity (Wildman–Crippen MR) is 95.3 cm³/mol. The van der Waals surface area contributed by atoms with E-state index in [2.05, 4.69) is 10.6 Å². The third-order valence-corrected chi connectivity index (χ3v) is 4.52. The number of hydrogen-bond acceptors (Lipinski definition) is 4. The summed E-state index contributed by atoms with van der Waals surface area (Å²) in [7, 11) is -3.44. The number of amides is 2. The van der Waals surface area contributed by atoms with Crippen molar-refractivity contribution in [2.75, 3.05) is 30.0 Å². The van der Waals surface area contributed by atoms with E-state index >= 15 is 0 Å². The van der Waals surface area contributed by atoms with Crippen LogP contribution in [0, 0.1) is 0 Å². The molecule has 2 amide bonds. The van der Waals surface area contributed by atoms with Crippen molar-refractivity contribution in [3.05, 3.63) is 24.3 Å². The van der Waals surface area contributed by atoms with Crippen LogP contribution in [-0.4, -0.2) is 43.9 Å². The minimum absolute atomic E-state index is 0.211. The Balaban J connectivity index is 2.70. The Labute approximate surface area is 143 Å². The zero-order valence-corrected chi connectivity index (χ0v) is 15.1. The third-order valence-electron chi connectivity index (χ3n) is 3.27. The summed E-state index contributed by atoms with van der Waals surface area (Å²) in [6.07, 6.45) is 3.70. The number of nitrogens with zero attached hydrogens (tertiary/aromatic N) is 1. The highest BCUT2D eigenvalue weighted by atomic mass is 32.2. The maximum atomic E-state index is 12.1.